The van der Waals surface area contributed by atoms with E-state index in [0.29, 0.717) is 0 Å². The van der Waals surface area contributed by atoms with E-state index in [2.05, 4.69) is 39.5 Å². The predicted molar refractivity (Wildman–Crippen MR) is 53.1 cm³/mol. The molecule has 0 aliphatic carbocycles. The predicted octanol–water partition coefficient (Wildman–Crippen LogP) is 3.69. The number of thiophene rings is 1. The second kappa shape index (κ2) is 2.82. The van der Waals surface area contributed by atoms with Crippen LogP contribution in [-0.2, 0) is 5.41 Å². The molecular formula is C10H14S. The zero-order valence-electron chi connectivity index (χ0n) is 7.35. The molecule has 0 fully saturated rings. The molecule has 60 valence electrons. The van der Waals surface area contributed by atoms with E-state index in [0.717, 1.165) is 0 Å². The average Bonchev–Trinajstić information content (AvgIpc) is 2.32. The van der Waals surface area contributed by atoms with Crippen LogP contribution in [-0.4, -0.2) is 0 Å². The molecule has 0 aromatic carbocycles. The molecule has 11 heavy (non-hydrogen) atoms. The van der Waals surface area contributed by atoms with Gasteiger partial charge in [-0.25, -0.2) is 0 Å². The summed E-state index contributed by atoms with van der Waals surface area (Å²) in [6.45, 7) is 10.4. The van der Waals surface area contributed by atoms with Crippen molar-refractivity contribution in [1.29, 1.82) is 0 Å². The largest absolute Gasteiger partial charge is 0.140 e. The standard InChI is InChI=1S/C10H14S/c1-5-8-6-7-9(11-8)10(2,3)4/h5-7H,1H2,2-4H3. The topological polar surface area (TPSA) is 0 Å². The van der Waals surface area contributed by atoms with Crippen molar-refractivity contribution in [2.75, 3.05) is 0 Å². The van der Waals surface area contributed by atoms with Crippen molar-refractivity contribution in [2.45, 2.75) is 26.2 Å². The van der Waals surface area contributed by atoms with Crippen molar-refractivity contribution in [3.8, 4) is 0 Å². The molecule has 0 unspecified atom stereocenters. The summed E-state index contributed by atoms with van der Waals surface area (Å²) in [5.41, 5.74) is 0.284. The first-order valence-electron chi connectivity index (χ1n) is 3.77. The fourth-order valence-corrected chi connectivity index (χ4v) is 1.78. The molecule has 1 heteroatoms. The van der Waals surface area contributed by atoms with E-state index < -0.39 is 0 Å². The molecule has 0 aliphatic rings. The second-order valence-electron chi connectivity index (χ2n) is 3.66. The zero-order valence-corrected chi connectivity index (χ0v) is 8.16. The van der Waals surface area contributed by atoms with Crippen molar-refractivity contribution < 1.29 is 0 Å². The molecule has 1 heterocycles. The Bertz CT molecular complexity index is 250. The fraction of sp³-hybridized carbons (Fsp3) is 0.400. The monoisotopic (exact) mass is 166 g/mol. The van der Waals surface area contributed by atoms with Crippen LogP contribution < -0.4 is 0 Å². The van der Waals surface area contributed by atoms with E-state index in [1.165, 1.54) is 9.75 Å². The molecule has 0 spiro atoms. The van der Waals surface area contributed by atoms with Crippen molar-refractivity contribution in [2.24, 2.45) is 0 Å². The van der Waals surface area contributed by atoms with Crippen LogP contribution in [0.15, 0.2) is 18.7 Å². The van der Waals surface area contributed by atoms with Gasteiger partial charge in [0, 0.05) is 9.75 Å². The fourth-order valence-electron chi connectivity index (χ4n) is 0.866. The molecule has 0 amide bonds. The molecule has 0 bridgehead atoms. The van der Waals surface area contributed by atoms with Crippen LogP contribution in [0.2, 0.25) is 0 Å². The van der Waals surface area contributed by atoms with E-state index in [-0.39, 0.29) is 5.41 Å². The quantitative estimate of drug-likeness (QED) is 0.597. The van der Waals surface area contributed by atoms with E-state index in [1.807, 2.05) is 17.4 Å². The highest BCUT2D eigenvalue weighted by atomic mass is 32.1. The van der Waals surface area contributed by atoms with Gasteiger partial charge in [-0.2, -0.15) is 0 Å². The Balaban J connectivity index is 2.98. The third-order valence-electron chi connectivity index (χ3n) is 1.57. The van der Waals surface area contributed by atoms with Crippen LogP contribution in [0, 0.1) is 0 Å². The molecule has 1 aromatic rings. The van der Waals surface area contributed by atoms with Crippen molar-refractivity contribution in [1.82, 2.24) is 0 Å². The van der Waals surface area contributed by atoms with Gasteiger partial charge in [0.05, 0.1) is 0 Å². The van der Waals surface area contributed by atoms with Gasteiger partial charge in [-0.3, -0.25) is 0 Å². The minimum atomic E-state index is 0.284. The average molecular weight is 166 g/mol. The van der Waals surface area contributed by atoms with Gasteiger partial charge in [0.25, 0.3) is 0 Å². The summed E-state index contributed by atoms with van der Waals surface area (Å²) in [5.74, 6) is 0. The summed E-state index contributed by atoms with van der Waals surface area (Å²) < 4.78 is 0. The zero-order chi connectivity index (χ0) is 8.48. The van der Waals surface area contributed by atoms with Gasteiger partial charge in [-0.1, -0.05) is 33.4 Å². The third kappa shape index (κ3) is 1.93. The second-order valence-corrected chi connectivity index (χ2v) is 4.77. The van der Waals surface area contributed by atoms with E-state index in [9.17, 15) is 0 Å². The lowest BCUT2D eigenvalue weighted by Gasteiger charge is -2.14. The first-order chi connectivity index (χ1) is 5.04. The Hall–Kier alpha value is -0.560. The lowest BCUT2D eigenvalue weighted by atomic mass is 9.95. The van der Waals surface area contributed by atoms with Gasteiger partial charge in [0.1, 0.15) is 0 Å². The Labute approximate surface area is 72.6 Å². The highest BCUT2D eigenvalue weighted by Crippen LogP contribution is 2.29. The Morgan fingerprint density at radius 2 is 2.00 bits per heavy atom. The molecule has 1 rings (SSSR count). The molecule has 0 nitrogen and oxygen atoms in total. The van der Waals surface area contributed by atoms with Gasteiger partial charge < -0.3 is 0 Å². The van der Waals surface area contributed by atoms with Crippen molar-refractivity contribution in [3.05, 3.63) is 28.5 Å². The highest BCUT2D eigenvalue weighted by Gasteiger charge is 2.14. The lowest BCUT2D eigenvalue weighted by Crippen LogP contribution is -2.07. The van der Waals surface area contributed by atoms with Crippen molar-refractivity contribution in [3.63, 3.8) is 0 Å². The van der Waals surface area contributed by atoms with E-state index >= 15 is 0 Å². The summed E-state index contributed by atoms with van der Waals surface area (Å²) in [6.07, 6.45) is 1.90. The number of rotatable bonds is 1. The summed E-state index contributed by atoms with van der Waals surface area (Å²) in [6, 6.07) is 4.31. The lowest BCUT2D eigenvalue weighted by molar-refractivity contribution is 0.604. The Kier molecular flexibility index (Phi) is 2.19. The summed E-state index contributed by atoms with van der Waals surface area (Å²) in [7, 11) is 0. The van der Waals surface area contributed by atoms with E-state index in [4.69, 9.17) is 0 Å². The molecule has 0 radical (unpaired) electrons. The molecular weight excluding hydrogens is 152 g/mol. The molecule has 0 saturated carbocycles. The first kappa shape index (κ1) is 8.54. The number of hydrogen-bond donors (Lipinski definition) is 0. The normalized spacial score (nSPS) is 11.5. The molecule has 0 saturated heterocycles. The third-order valence-corrected chi connectivity index (χ3v) is 3.07. The van der Waals surface area contributed by atoms with Gasteiger partial charge in [-0.05, 0) is 17.5 Å². The SMILES string of the molecule is C=Cc1ccc(C(C)(C)C)s1. The van der Waals surface area contributed by atoms with Crippen LogP contribution in [0.3, 0.4) is 0 Å². The van der Waals surface area contributed by atoms with Gasteiger partial charge in [-0.15, -0.1) is 11.3 Å². The maximum atomic E-state index is 3.74. The maximum absolute atomic E-state index is 3.74. The first-order valence-corrected chi connectivity index (χ1v) is 4.58. The minimum absolute atomic E-state index is 0.284. The van der Waals surface area contributed by atoms with Crippen LogP contribution in [0.4, 0.5) is 0 Å². The Morgan fingerprint density at radius 3 is 2.27 bits per heavy atom. The summed E-state index contributed by atoms with van der Waals surface area (Å²) >= 11 is 1.82. The highest BCUT2D eigenvalue weighted by molar-refractivity contribution is 7.13. The molecule has 0 atom stereocenters. The molecule has 1 aromatic heterocycles. The summed E-state index contributed by atoms with van der Waals surface area (Å²) in [4.78, 5) is 2.68. The molecule has 0 N–H and O–H groups in total. The van der Waals surface area contributed by atoms with Crippen LogP contribution in [0.1, 0.15) is 30.5 Å². The van der Waals surface area contributed by atoms with Gasteiger partial charge in [0.15, 0.2) is 0 Å². The maximum Gasteiger partial charge on any atom is 0.0267 e. The smallest absolute Gasteiger partial charge is 0.0267 e. The summed E-state index contributed by atoms with van der Waals surface area (Å²) in [5, 5.41) is 0. The van der Waals surface area contributed by atoms with Crippen LogP contribution >= 0.6 is 11.3 Å². The van der Waals surface area contributed by atoms with Crippen LogP contribution in [0.5, 0.6) is 0 Å². The molecule has 0 aliphatic heterocycles. The minimum Gasteiger partial charge on any atom is -0.140 e. The van der Waals surface area contributed by atoms with Crippen molar-refractivity contribution >= 4 is 17.4 Å². The Morgan fingerprint density at radius 1 is 1.36 bits per heavy atom. The van der Waals surface area contributed by atoms with Gasteiger partial charge >= 0.3 is 0 Å². The number of hydrogen-bond acceptors (Lipinski definition) is 1. The van der Waals surface area contributed by atoms with E-state index in [1.54, 1.807) is 0 Å². The van der Waals surface area contributed by atoms with Crippen LogP contribution in [0.25, 0.3) is 6.08 Å². The van der Waals surface area contributed by atoms with Gasteiger partial charge in [0.2, 0.25) is 0 Å².